The molecule has 3 N–H and O–H groups in total. The molecule has 2 rings (SSSR count). The van der Waals surface area contributed by atoms with Crippen molar-refractivity contribution < 1.29 is 17.9 Å². The van der Waals surface area contributed by atoms with Gasteiger partial charge in [0.25, 0.3) is 0 Å². The van der Waals surface area contributed by atoms with Crippen molar-refractivity contribution >= 4 is 17.0 Å². The van der Waals surface area contributed by atoms with Gasteiger partial charge in [0.1, 0.15) is 30.9 Å². The van der Waals surface area contributed by atoms with Gasteiger partial charge in [0.15, 0.2) is 11.5 Å². The number of aromatic nitrogens is 4. The Balaban J connectivity index is 2.07. The van der Waals surface area contributed by atoms with Gasteiger partial charge in [-0.25, -0.2) is 15.0 Å². The number of H-pyrrole nitrogens is 1. The molecule has 0 aromatic carbocycles. The smallest absolute Gasteiger partial charge is 0.382 e. The highest BCUT2D eigenvalue weighted by Gasteiger charge is 2.27. The van der Waals surface area contributed by atoms with Crippen molar-refractivity contribution in [2.75, 3.05) is 12.3 Å². The quantitative estimate of drug-likeness (QED) is 0.844. The molecule has 17 heavy (non-hydrogen) atoms. The maximum atomic E-state index is 11.8. The molecule has 0 aliphatic rings. The third kappa shape index (κ3) is 2.81. The summed E-state index contributed by atoms with van der Waals surface area (Å²) in [5, 5.41) is 0. The first-order chi connectivity index (χ1) is 7.96. The number of halogens is 3. The van der Waals surface area contributed by atoms with E-state index in [0.717, 1.165) is 0 Å². The van der Waals surface area contributed by atoms with Crippen LogP contribution in [0, 0.1) is 0 Å². The van der Waals surface area contributed by atoms with Crippen LogP contribution < -0.4 is 5.73 Å². The van der Waals surface area contributed by atoms with Gasteiger partial charge in [0, 0.05) is 0 Å². The summed E-state index contributed by atoms with van der Waals surface area (Å²) in [7, 11) is 0. The van der Waals surface area contributed by atoms with Crippen LogP contribution in [0.3, 0.4) is 0 Å². The van der Waals surface area contributed by atoms with Gasteiger partial charge in [-0.2, -0.15) is 13.2 Å². The number of hydrogen-bond donors (Lipinski definition) is 2. The molecule has 0 fully saturated rings. The van der Waals surface area contributed by atoms with Crippen LogP contribution >= 0.6 is 0 Å². The molecule has 0 saturated heterocycles. The lowest BCUT2D eigenvalue weighted by Gasteiger charge is -2.05. The van der Waals surface area contributed by atoms with Gasteiger partial charge in [0.2, 0.25) is 0 Å². The zero-order chi connectivity index (χ0) is 12.5. The van der Waals surface area contributed by atoms with Crippen molar-refractivity contribution in [3.05, 3.63) is 12.2 Å². The molecule has 0 spiro atoms. The largest absolute Gasteiger partial charge is 0.411 e. The van der Waals surface area contributed by atoms with Crippen LogP contribution in [0.4, 0.5) is 19.0 Å². The number of nitrogens with two attached hydrogens (primary N) is 1. The van der Waals surface area contributed by atoms with Gasteiger partial charge < -0.3 is 15.5 Å². The van der Waals surface area contributed by atoms with E-state index in [-0.39, 0.29) is 18.2 Å². The number of nitrogens with zero attached hydrogens (tertiary/aromatic N) is 3. The van der Waals surface area contributed by atoms with Crippen LogP contribution in [-0.4, -0.2) is 32.7 Å². The first kappa shape index (κ1) is 11.6. The van der Waals surface area contributed by atoms with Crippen LogP contribution in [0.15, 0.2) is 6.33 Å². The van der Waals surface area contributed by atoms with Crippen LogP contribution in [0.2, 0.25) is 0 Å². The fourth-order valence-corrected chi connectivity index (χ4v) is 1.23. The minimum atomic E-state index is -4.36. The number of hydrogen-bond acceptors (Lipinski definition) is 5. The normalized spacial score (nSPS) is 12.2. The summed E-state index contributed by atoms with van der Waals surface area (Å²) in [5.74, 6) is 0.404. The number of aromatic amines is 1. The average Bonchev–Trinajstić information content (AvgIpc) is 2.60. The molecular formula is C8H8F3N5O. The van der Waals surface area contributed by atoms with E-state index in [2.05, 4.69) is 24.7 Å². The van der Waals surface area contributed by atoms with E-state index in [9.17, 15) is 13.2 Å². The Morgan fingerprint density at radius 1 is 1.35 bits per heavy atom. The third-order valence-corrected chi connectivity index (χ3v) is 1.87. The molecule has 2 aromatic heterocycles. The third-order valence-electron chi connectivity index (χ3n) is 1.87. The fourth-order valence-electron chi connectivity index (χ4n) is 1.23. The Morgan fingerprint density at radius 3 is 2.76 bits per heavy atom. The predicted molar refractivity (Wildman–Crippen MR) is 51.8 cm³/mol. The maximum Gasteiger partial charge on any atom is 0.411 e. The molecule has 2 aromatic rings. The molecule has 0 amide bonds. The highest BCUT2D eigenvalue weighted by atomic mass is 19.4. The van der Waals surface area contributed by atoms with Crippen molar-refractivity contribution in [1.29, 1.82) is 0 Å². The first-order valence-electron chi connectivity index (χ1n) is 4.55. The number of ether oxygens (including phenoxy) is 1. The first-order valence-corrected chi connectivity index (χ1v) is 4.55. The number of nitrogens with one attached hydrogen (secondary N) is 1. The standard InChI is InChI=1S/C8H8F3N5O/c9-8(10,11)2-17-1-4-15-5-6(12)13-3-14-7(5)16-4/h3H,1-2H2,(H3,12,13,14,15,16). The molecule has 0 saturated carbocycles. The Morgan fingerprint density at radius 2 is 2.12 bits per heavy atom. The van der Waals surface area contributed by atoms with E-state index in [0.29, 0.717) is 11.2 Å². The van der Waals surface area contributed by atoms with Crippen LogP contribution in [0.25, 0.3) is 11.2 Å². The van der Waals surface area contributed by atoms with E-state index in [1.165, 1.54) is 6.33 Å². The van der Waals surface area contributed by atoms with Gasteiger partial charge in [0.05, 0.1) is 0 Å². The number of rotatable bonds is 3. The molecule has 9 heteroatoms. The van der Waals surface area contributed by atoms with E-state index in [1.54, 1.807) is 0 Å². The van der Waals surface area contributed by atoms with E-state index < -0.39 is 12.8 Å². The molecular weight excluding hydrogens is 239 g/mol. The van der Waals surface area contributed by atoms with Crippen LogP contribution in [0.1, 0.15) is 5.82 Å². The van der Waals surface area contributed by atoms with E-state index in [4.69, 9.17) is 5.73 Å². The molecule has 6 nitrogen and oxygen atoms in total. The summed E-state index contributed by atoms with van der Waals surface area (Å²) in [6.45, 7) is -1.62. The maximum absolute atomic E-state index is 11.8. The van der Waals surface area contributed by atoms with Crippen molar-refractivity contribution in [1.82, 2.24) is 19.9 Å². The summed E-state index contributed by atoms with van der Waals surface area (Å²) in [4.78, 5) is 14.1. The molecule has 0 radical (unpaired) electrons. The summed E-state index contributed by atoms with van der Waals surface area (Å²) in [5.41, 5.74) is 6.21. The van der Waals surface area contributed by atoms with E-state index in [1.807, 2.05) is 0 Å². The Kier molecular flexibility index (Phi) is 2.84. The highest BCUT2D eigenvalue weighted by Crippen LogP contribution is 2.17. The molecule has 92 valence electrons. The second kappa shape index (κ2) is 4.17. The van der Waals surface area contributed by atoms with Crippen molar-refractivity contribution in [3.63, 3.8) is 0 Å². The molecule has 2 heterocycles. The summed E-state index contributed by atoms with van der Waals surface area (Å²) < 4.78 is 39.9. The van der Waals surface area contributed by atoms with Crippen LogP contribution in [0.5, 0.6) is 0 Å². The molecule has 0 bridgehead atoms. The topological polar surface area (TPSA) is 89.7 Å². The lowest BCUT2D eigenvalue weighted by Crippen LogP contribution is -2.16. The Bertz CT molecular complexity index is 523. The minimum absolute atomic E-state index is 0.185. The van der Waals surface area contributed by atoms with Gasteiger partial charge in [-0.1, -0.05) is 0 Å². The summed E-state index contributed by atoms with van der Waals surface area (Å²) in [6, 6.07) is 0. The highest BCUT2D eigenvalue weighted by molar-refractivity contribution is 5.80. The van der Waals surface area contributed by atoms with Crippen LogP contribution in [-0.2, 0) is 11.3 Å². The second-order valence-corrected chi connectivity index (χ2v) is 3.25. The lowest BCUT2D eigenvalue weighted by atomic mass is 10.5. The lowest BCUT2D eigenvalue weighted by molar-refractivity contribution is -0.177. The zero-order valence-corrected chi connectivity index (χ0v) is 8.45. The minimum Gasteiger partial charge on any atom is -0.382 e. The Hall–Kier alpha value is -1.90. The van der Waals surface area contributed by atoms with Crippen molar-refractivity contribution in [2.45, 2.75) is 12.8 Å². The fraction of sp³-hybridized carbons (Fsp3) is 0.375. The summed E-state index contributed by atoms with van der Waals surface area (Å²) in [6.07, 6.45) is -3.14. The molecule has 0 atom stereocenters. The molecule has 0 aliphatic heterocycles. The van der Waals surface area contributed by atoms with Gasteiger partial charge in [-0.15, -0.1) is 0 Å². The average molecular weight is 247 g/mol. The van der Waals surface area contributed by atoms with Crippen molar-refractivity contribution in [3.8, 4) is 0 Å². The SMILES string of the molecule is Nc1ncnc2nc(COCC(F)(F)F)[nH]c12. The number of anilines is 1. The second-order valence-electron chi connectivity index (χ2n) is 3.25. The molecule has 0 aliphatic carbocycles. The zero-order valence-electron chi connectivity index (χ0n) is 8.45. The predicted octanol–water partition coefficient (Wildman–Crippen LogP) is 1.01. The Labute approximate surface area is 93.0 Å². The van der Waals surface area contributed by atoms with Gasteiger partial charge in [-0.3, -0.25) is 0 Å². The van der Waals surface area contributed by atoms with E-state index >= 15 is 0 Å². The number of fused-ring (bicyclic) bond motifs is 1. The number of imidazole rings is 1. The summed E-state index contributed by atoms with van der Waals surface area (Å²) >= 11 is 0. The number of alkyl halides is 3. The van der Waals surface area contributed by atoms with Gasteiger partial charge in [-0.05, 0) is 0 Å². The van der Waals surface area contributed by atoms with Crippen molar-refractivity contribution in [2.24, 2.45) is 0 Å². The monoisotopic (exact) mass is 247 g/mol. The van der Waals surface area contributed by atoms with Gasteiger partial charge >= 0.3 is 6.18 Å². The molecule has 0 unspecified atom stereocenters. The number of nitrogen functional groups attached to an aromatic ring is 1.